The number of nitrogens with one attached hydrogen (secondary N) is 1. The van der Waals surface area contributed by atoms with E-state index in [1.165, 1.54) is 12.1 Å². The van der Waals surface area contributed by atoms with Gasteiger partial charge in [0.1, 0.15) is 5.82 Å². The number of aliphatic carboxylic acids is 1. The SMILES string of the molecule is O=C(O)/C=C/CNCc1ccccc1F. The van der Waals surface area contributed by atoms with Gasteiger partial charge in [-0.1, -0.05) is 24.3 Å². The molecule has 0 saturated carbocycles. The van der Waals surface area contributed by atoms with Crippen LogP contribution >= 0.6 is 0 Å². The average Bonchev–Trinajstić information content (AvgIpc) is 2.20. The Morgan fingerprint density at radius 3 is 2.87 bits per heavy atom. The van der Waals surface area contributed by atoms with Crippen molar-refractivity contribution < 1.29 is 14.3 Å². The van der Waals surface area contributed by atoms with Gasteiger partial charge in [0, 0.05) is 24.7 Å². The van der Waals surface area contributed by atoms with E-state index < -0.39 is 5.97 Å². The Morgan fingerprint density at radius 1 is 1.47 bits per heavy atom. The third-order valence-electron chi connectivity index (χ3n) is 1.80. The minimum absolute atomic E-state index is 0.257. The molecule has 1 aromatic carbocycles. The summed E-state index contributed by atoms with van der Waals surface area (Å²) in [6, 6.07) is 6.46. The summed E-state index contributed by atoms with van der Waals surface area (Å²) in [5.74, 6) is -1.24. The highest BCUT2D eigenvalue weighted by atomic mass is 19.1. The Bertz CT molecular complexity index is 363. The molecular formula is C11H12FNO2. The number of hydrogen-bond donors (Lipinski definition) is 2. The molecule has 1 rings (SSSR count). The van der Waals surface area contributed by atoms with Crippen molar-refractivity contribution >= 4 is 5.97 Å². The van der Waals surface area contributed by atoms with Gasteiger partial charge in [0.15, 0.2) is 0 Å². The van der Waals surface area contributed by atoms with Gasteiger partial charge in [-0.05, 0) is 6.07 Å². The molecule has 0 aliphatic carbocycles. The molecule has 0 radical (unpaired) electrons. The van der Waals surface area contributed by atoms with Crippen molar-refractivity contribution in [2.24, 2.45) is 0 Å². The van der Waals surface area contributed by atoms with Gasteiger partial charge >= 0.3 is 5.97 Å². The molecule has 0 aliphatic heterocycles. The van der Waals surface area contributed by atoms with Crippen LogP contribution in [0.2, 0.25) is 0 Å². The van der Waals surface area contributed by atoms with Gasteiger partial charge in [-0.15, -0.1) is 0 Å². The lowest BCUT2D eigenvalue weighted by Gasteiger charge is -2.02. The first-order valence-electron chi connectivity index (χ1n) is 4.53. The molecule has 1 aromatic rings. The van der Waals surface area contributed by atoms with Crippen molar-refractivity contribution in [3.63, 3.8) is 0 Å². The van der Waals surface area contributed by atoms with Crippen LogP contribution in [-0.4, -0.2) is 17.6 Å². The van der Waals surface area contributed by atoms with E-state index in [1.54, 1.807) is 18.2 Å². The summed E-state index contributed by atoms with van der Waals surface area (Å²) in [7, 11) is 0. The molecule has 2 N–H and O–H groups in total. The van der Waals surface area contributed by atoms with Crippen molar-refractivity contribution in [3.8, 4) is 0 Å². The van der Waals surface area contributed by atoms with E-state index in [0.717, 1.165) is 6.08 Å². The van der Waals surface area contributed by atoms with Crippen LogP contribution in [0, 0.1) is 5.82 Å². The third-order valence-corrected chi connectivity index (χ3v) is 1.80. The lowest BCUT2D eigenvalue weighted by atomic mass is 10.2. The second-order valence-corrected chi connectivity index (χ2v) is 2.96. The van der Waals surface area contributed by atoms with Crippen LogP contribution in [0.25, 0.3) is 0 Å². The molecule has 0 spiro atoms. The summed E-state index contributed by atoms with van der Waals surface area (Å²) >= 11 is 0. The molecule has 0 aliphatic rings. The fourth-order valence-corrected chi connectivity index (χ4v) is 1.09. The highest BCUT2D eigenvalue weighted by molar-refractivity contribution is 5.79. The predicted molar refractivity (Wildman–Crippen MR) is 54.9 cm³/mol. The van der Waals surface area contributed by atoms with Gasteiger partial charge in [-0.25, -0.2) is 9.18 Å². The normalized spacial score (nSPS) is 10.7. The summed E-state index contributed by atoms with van der Waals surface area (Å²) in [5, 5.41) is 11.2. The van der Waals surface area contributed by atoms with Crippen molar-refractivity contribution in [1.29, 1.82) is 0 Å². The number of carbonyl (C=O) groups is 1. The highest BCUT2D eigenvalue weighted by Crippen LogP contribution is 2.04. The first-order valence-corrected chi connectivity index (χ1v) is 4.53. The lowest BCUT2D eigenvalue weighted by Crippen LogP contribution is -2.14. The zero-order valence-corrected chi connectivity index (χ0v) is 8.11. The summed E-state index contributed by atoms with van der Waals surface area (Å²) in [4.78, 5) is 10.1. The minimum atomic E-state index is -0.984. The molecule has 3 nitrogen and oxygen atoms in total. The molecule has 0 aromatic heterocycles. The number of halogens is 1. The predicted octanol–water partition coefficient (Wildman–Crippen LogP) is 1.56. The maximum Gasteiger partial charge on any atom is 0.328 e. The fraction of sp³-hybridized carbons (Fsp3) is 0.182. The van der Waals surface area contributed by atoms with Gasteiger partial charge in [-0.2, -0.15) is 0 Å². The standard InChI is InChI=1S/C11H12FNO2/c12-10-5-2-1-4-9(10)8-13-7-3-6-11(14)15/h1-6,13H,7-8H2,(H,14,15)/b6-3+. The summed E-state index contributed by atoms with van der Waals surface area (Å²) in [5.41, 5.74) is 0.571. The average molecular weight is 209 g/mol. The van der Waals surface area contributed by atoms with Crippen LogP contribution in [0.1, 0.15) is 5.56 Å². The van der Waals surface area contributed by atoms with Crippen LogP contribution < -0.4 is 5.32 Å². The third kappa shape index (κ3) is 4.37. The minimum Gasteiger partial charge on any atom is -0.478 e. The summed E-state index contributed by atoms with van der Waals surface area (Å²) < 4.78 is 13.1. The largest absolute Gasteiger partial charge is 0.478 e. The van der Waals surface area contributed by atoms with Gasteiger partial charge in [-0.3, -0.25) is 0 Å². The van der Waals surface area contributed by atoms with Crippen LogP contribution in [-0.2, 0) is 11.3 Å². The molecule has 0 atom stereocenters. The van der Waals surface area contributed by atoms with Crippen molar-refractivity contribution in [2.45, 2.75) is 6.54 Å². The quantitative estimate of drug-likeness (QED) is 0.571. The molecule has 80 valence electrons. The van der Waals surface area contributed by atoms with Crippen molar-refractivity contribution in [3.05, 3.63) is 47.8 Å². The highest BCUT2D eigenvalue weighted by Gasteiger charge is 1.97. The Morgan fingerprint density at radius 2 is 2.20 bits per heavy atom. The van der Waals surface area contributed by atoms with Gasteiger partial charge in [0.25, 0.3) is 0 Å². The van der Waals surface area contributed by atoms with Crippen LogP contribution in [0.3, 0.4) is 0 Å². The summed E-state index contributed by atoms with van der Waals surface area (Å²) in [6.45, 7) is 0.789. The van der Waals surface area contributed by atoms with Crippen molar-refractivity contribution in [1.82, 2.24) is 5.32 Å². The van der Waals surface area contributed by atoms with E-state index in [2.05, 4.69) is 5.32 Å². The maximum atomic E-state index is 13.1. The van der Waals surface area contributed by atoms with E-state index in [0.29, 0.717) is 18.7 Å². The monoisotopic (exact) mass is 209 g/mol. The second kappa shape index (κ2) is 5.93. The molecule has 0 unspecified atom stereocenters. The van der Waals surface area contributed by atoms with Crippen LogP contribution in [0.5, 0.6) is 0 Å². The molecule has 4 heteroatoms. The molecule has 0 amide bonds. The zero-order valence-electron chi connectivity index (χ0n) is 8.11. The van der Waals surface area contributed by atoms with Gasteiger partial charge in [0.2, 0.25) is 0 Å². The van der Waals surface area contributed by atoms with E-state index in [1.807, 2.05) is 0 Å². The lowest BCUT2D eigenvalue weighted by molar-refractivity contribution is -0.131. The Labute approximate surface area is 87.2 Å². The van der Waals surface area contributed by atoms with E-state index >= 15 is 0 Å². The van der Waals surface area contributed by atoms with E-state index in [-0.39, 0.29) is 5.82 Å². The summed E-state index contributed by atoms with van der Waals surface area (Å²) in [6.07, 6.45) is 2.53. The molecule has 0 saturated heterocycles. The van der Waals surface area contributed by atoms with E-state index in [4.69, 9.17) is 5.11 Å². The van der Waals surface area contributed by atoms with Crippen molar-refractivity contribution in [2.75, 3.05) is 6.54 Å². The zero-order chi connectivity index (χ0) is 11.1. The maximum absolute atomic E-state index is 13.1. The smallest absolute Gasteiger partial charge is 0.328 e. The fourth-order valence-electron chi connectivity index (χ4n) is 1.09. The van der Waals surface area contributed by atoms with Crippen LogP contribution in [0.4, 0.5) is 4.39 Å². The number of hydrogen-bond acceptors (Lipinski definition) is 2. The Hall–Kier alpha value is -1.68. The van der Waals surface area contributed by atoms with Gasteiger partial charge in [0.05, 0.1) is 0 Å². The molecular weight excluding hydrogens is 197 g/mol. The van der Waals surface area contributed by atoms with E-state index in [9.17, 15) is 9.18 Å². The second-order valence-electron chi connectivity index (χ2n) is 2.96. The topological polar surface area (TPSA) is 49.3 Å². The first kappa shape index (κ1) is 11.4. The number of rotatable bonds is 5. The molecule has 0 heterocycles. The number of carboxylic acids is 1. The van der Waals surface area contributed by atoms with Crippen LogP contribution in [0.15, 0.2) is 36.4 Å². The molecule has 15 heavy (non-hydrogen) atoms. The van der Waals surface area contributed by atoms with Gasteiger partial charge < -0.3 is 10.4 Å². The molecule has 0 fully saturated rings. The first-order chi connectivity index (χ1) is 7.20. The Kier molecular flexibility index (Phi) is 4.50. The number of carboxylic acid groups (broad SMARTS) is 1. The molecule has 0 bridgehead atoms. The Balaban J connectivity index is 2.32. The number of benzene rings is 1.